The molecule has 0 aliphatic carbocycles. The number of benzene rings is 1. The van der Waals surface area contributed by atoms with Crippen LogP contribution in [0.2, 0.25) is 0 Å². The Kier molecular flexibility index (Phi) is 7.20. The Morgan fingerprint density at radius 1 is 1.27 bits per heavy atom. The van der Waals surface area contributed by atoms with E-state index in [2.05, 4.69) is 6.58 Å². The molecule has 0 saturated carbocycles. The van der Waals surface area contributed by atoms with Crippen molar-refractivity contribution >= 4 is 34.9 Å². The number of phenols is 1. The number of hydrogen-bond acceptors (Lipinski definition) is 6. The smallest absolute Gasteiger partial charge is 0.294 e. The molecule has 7 nitrogen and oxygen atoms in total. The molecule has 1 aromatic rings. The molecule has 160 valence electrons. The molecule has 30 heavy (non-hydrogen) atoms. The number of likely N-dealkylation sites (tertiary alicyclic amines) is 1. The molecule has 2 heterocycles. The van der Waals surface area contributed by atoms with Gasteiger partial charge in [0.1, 0.15) is 6.54 Å². The summed E-state index contributed by atoms with van der Waals surface area (Å²) in [5.41, 5.74) is 1.24. The first kappa shape index (κ1) is 22.0. The molecule has 2 fully saturated rings. The second-order valence-electron chi connectivity index (χ2n) is 7.16. The van der Waals surface area contributed by atoms with Crippen LogP contribution in [0.1, 0.15) is 37.3 Å². The number of imide groups is 1. The van der Waals surface area contributed by atoms with Gasteiger partial charge in [-0.25, -0.2) is 0 Å². The second-order valence-corrected chi connectivity index (χ2v) is 8.16. The van der Waals surface area contributed by atoms with Crippen LogP contribution in [0.4, 0.5) is 4.79 Å². The van der Waals surface area contributed by atoms with E-state index < -0.39 is 11.1 Å². The lowest BCUT2D eigenvalue weighted by Crippen LogP contribution is -2.44. The Morgan fingerprint density at radius 2 is 2.00 bits per heavy atom. The molecular formula is C22H26N2O5S. The largest absolute Gasteiger partial charge is 0.504 e. The van der Waals surface area contributed by atoms with Crippen LogP contribution in [-0.2, 0) is 16.0 Å². The summed E-state index contributed by atoms with van der Waals surface area (Å²) in [4.78, 5) is 40.6. The van der Waals surface area contributed by atoms with Crippen LogP contribution in [0.15, 0.2) is 29.7 Å². The normalized spacial score (nSPS) is 18.2. The molecule has 0 aromatic heterocycles. The number of ether oxygens (including phenoxy) is 1. The van der Waals surface area contributed by atoms with E-state index in [9.17, 15) is 19.5 Å². The highest BCUT2D eigenvalue weighted by molar-refractivity contribution is 8.18. The highest BCUT2D eigenvalue weighted by Crippen LogP contribution is 2.36. The van der Waals surface area contributed by atoms with Crippen LogP contribution >= 0.6 is 11.8 Å². The molecule has 0 spiro atoms. The summed E-state index contributed by atoms with van der Waals surface area (Å²) in [6, 6.07) is 3.35. The first-order valence-corrected chi connectivity index (χ1v) is 10.9. The number of thioether (sulfide) groups is 1. The molecule has 3 rings (SSSR count). The second kappa shape index (κ2) is 9.84. The Bertz CT molecular complexity index is 890. The third-order valence-corrected chi connectivity index (χ3v) is 5.92. The molecule has 2 saturated heterocycles. The van der Waals surface area contributed by atoms with Gasteiger partial charge in [-0.3, -0.25) is 19.3 Å². The van der Waals surface area contributed by atoms with Gasteiger partial charge in [0.2, 0.25) is 5.91 Å². The van der Waals surface area contributed by atoms with Gasteiger partial charge in [-0.1, -0.05) is 6.08 Å². The summed E-state index contributed by atoms with van der Waals surface area (Å²) in [6.45, 7) is 6.99. The minimum atomic E-state index is -0.480. The first-order chi connectivity index (χ1) is 14.4. The van der Waals surface area contributed by atoms with Crippen LogP contribution in [0.25, 0.3) is 6.08 Å². The van der Waals surface area contributed by atoms with Crippen molar-refractivity contribution in [3.63, 3.8) is 0 Å². The summed E-state index contributed by atoms with van der Waals surface area (Å²) in [5, 5.41) is 9.87. The number of phenolic OH excluding ortho intramolecular Hbond substituents is 1. The van der Waals surface area contributed by atoms with Crippen LogP contribution in [0.5, 0.6) is 11.5 Å². The highest BCUT2D eigenvalue weighted by Gasteiger charge is 2.37. The Morgan fingerprint density at radius 3 is 2.67 bits per heavy atom. The standard InChI is InChI=1S/C22H26N2O5S/c1-3-8-16-11-15(12-17(20(16)26)29-4-2)13-18-21(27)24(22(28)30-18)14-19(25)23-9-6-5-7-10-23/h3,11-13,26H,1,4-10,14H2,2H3. The number of rotatable bonds is 7. The molecule has 0 radical (unpaired) electrons. The Hall–Kier alpha value is -2.74. The van der Waals surface area contributed by atoms with E-state index in [1.165, 1.54) is 0 Å². The van der Waals surface area contributed by atoms with Gasteiger partial charge in [-0.2, -0.15) is 0 Å². The molecule has 0 unspecified atom stereocenters. The first-order valence-electron chi connectivity index (χ1n) is 10.1. The zero-order valence-electron chi connectivity index (χ0n) is 17.1. The monoisotopic (exact) mass is 430 g/mol. The summed E-state index contributed by atoms with van der Waals surface area (Å²) < 4.78 is 5.48. The van der Waals surface area contributed by atoms with Gasteiger partial charge in [-0.05, 0) is 68.1 Å². The molecule has 0 atom stereocenters. The van der Waals surface area contributed by atoms with Crippen molar-refractivity contribution in [2.45, 2.75) is 32.6 Å². The molecule has 2 aliphatic heterocycles. The number of piperidine rings is 1. The van der Waals surface area contributed by atoms with Crippen molar-refractivity contribution in [1.29, 1.82) is 0 Å². The molecular weight excluding hydrogens is 404 g/mol. The summed E-state index contributed by atoms with van der Waals surface area (Å²) in [6.07, 6.45) is 6.67. The van der Waals surface area contributed by atoms with Gasteiger partial charge >= 0.3 is 0 Å². The zero-order chi connectivity index (χ0) is 21.7. The van der Waals surface area contributed by atoms with Crippen LogP contribution < -0.4 is 4.74 Å². The number of carbonyl (C=O) groups is 3. The molecule has 2 aliphatic rings. The van der Waals surface area contributed by atoms with Crippen molar-refractivity contribution in [2.75, 3.05) is 26.2 Å². The predicted octanol–water partition coefficient (Wildman–Crippen LogP) is 3.57. The number of carbonyl (C=O) groups excluding carboxylic acids is 3. The van der Waals surface area contributed by atoms with E-state index >= 15 is 0 Å². The highest BCUT2D eigenvalue weighted by atomic mass is 32.2. The summed E-state index contributed by atoms with van der Waals surface area (Å²) in [5.74, 6) is -0.335. The van der Waals surface area contributed by atoms with E-state index in [4.69, 9.17) is 4.74 Å². The summed E-state index contributed by atoms with van der Waals surface area (Å²) >= 11 is 0.812. The number of amides is 3. The van der Waals surface area contributed by atoms with Crippen molar-refractivity contribution in [2.24, 2.45) is 0 Å². The minimum Gasteiger partial charge on any atom is -0.504 e. The topological polar surface area (TPSA) is 87.2 Å². The number of aromatic hydroxyl groups is 1. The molecule has 1 N–H and O–H groups in total. The quantitative estimate of drug-likeness (QED) is 0.526. The van der Waals surface area contributed by atoms with Crippen LogP contribution in [0.3, 0.4) is 0 Å². The Labute approximate surface area is 180 Å². The van der Waals surface area contributed by atoms with Crippen molar-refractivity contribution in [1.82, 2.24) is 9.80 Å². The average molecular weight is 431 g/mol. The lowest BCUT2D eigenvalue weighted by molar-refractivity contribution is -0.136. The predicted molar refractivity (Wildman–Crippen MR) is 116 cm³/mol. The summed E-state index contributed by atoms with van der Waals surface area (Å²) in [7, 11) is 0. The van der Waals surface area contributed by atoms with Crippen LogP contribution in [-0.4, -0.2) is 58.2 Å². The van der Waals surface area contributed by atoms with Gasteiger partial charge in [0.25, 0.3) is 11.1 Å². The third-order valence-electron chi connectivity index (χ3n) is 5.01. The molecule has 8 heteroatoms. The van der Waals surface area contributed by atoms with E-state index in [-0.39, 0.29) is 23.1 Å². The van der Waals surface area contributed by atoms with Crippen molar-refractivity contribution < 1.29 is 24.2 Å². The lowest BCUT2D eigenvalue weighted by atomic mass is 10.1. The average Bonchev–Trinajstić information content (AvgIpc) is 2.99. The molecule has 0 bridgehead atoms. The lowest BCUT2D eigenvalue weighted by Gasteiger charge is -2.27. The van der Waals surface area contributed by atoms with Crippen molar-refractivity contribution in [3.8, 4) is 11.5 Å². The SMILES string of the molecule is C=CCc1cc(C=C2SC(=O)N(CC(=O)N3CCCCC3)C2=O)cc(OCC)c1O. The van der Waals surface area contributed by atoms with Gasteiger partial charge in [0.15, 0.2) is 11.5 Å². The Balaban J connectivity index is 1.80. The fraction of sp³-hybridized carbons (Fsp3) is 0.409. The zero-order valence-corrected chi connectivity index (χ0v) is 17.9. The van der Waals surface area contributed by atoms with Crippen LogP contribution in [0, 0.1) is 0 Å². The van der Waals surface area contributed by atoms with E-state index in [0.717, 1.165) is 35.9 Å². The van der Waals surface area contributed by atoms with Gasteiger partial charge < -0.3 is 14.7 Å². The van der Waals surface area contributed by atoms with E-state index in [0.29, 0.717) is 43.0 Å². The third kappa shape index (κ3) is 4.87. The fourth-order valence-electron chi connectivity index (χ4n) is 3.52. The van der Waals surface area contributed by atoms with Gasteiger partial charge in [0, 0.05) is 18.7 Å². The number of nitrogens with zero attached hydrogens (tertiary/aromatic N) is 2. The molecule has 3 amide bonds. The van der Waals surface area contributed by atoms with Crippen molar-refractivity contribution in [3.05, 3.63) is 40.8 Å². The minimum absolute atomic E-state index is 0.0362. The maximum atomic E-state index is 12.8. The fourth-order valence-corrected chi connectivity index (χ4v) is 4.35. The maximum Gasteiger partial charge on any atom is 0.294 e. The van der Waals surface area contributed by atoms with E-state index in [1.807, 2.05) is 6.92 Å². The number of hydrogen-bond donors (Lipinski definition) is 1. The van der Waals surface area contributed by atoms with E-state index in [1.54, 1.807) is 29.2 Å². The van der Waals surface area contributed by atoms with Gasteiger partial charge in [0.05, 0.1) is 11.5 Å². The number of allylic oxidation sites excluding steroid dienone is 1. The molecule has 1 aromatic carbocycles. The maximum absolute atomic E-state index is 12.8. The van der Waals surface area contributed by atoms with Gasteiger partial charge in [-0.15, -0.1) is 6.58 Å².